The first-order valence-electron chi connectivity index (χ1n) is 2.45. The van der Waals surface area contributed by atoms with Gasteiger partial charge in [0.1, 0.15) is 5.76 Å². The molecule has 1 fully saturated rings. The monoisotopic (exact) mass is 254 g/mol. The van der Waals surface area contributed by atoms with Crippen LogP contribution in [-0.2, 0) is 9.53 Å². The van der Waals surface area contributed by atoms with Crippen molar-refractivity contribution in [2.45, 2.75) is 12.8 Å². The number of esters is 1. The van der Waals surface area contributed by atoms with Gasteiger partial charge in [-0.05, 0) is 31.9 Å². The molecular formula is C5H4Br2O2. The van der Waals surface area contributed by atoms with Crippen LogP contribution in [0.2, 0.25) is 0 Å². The fraction of sp³-hybridized carbons (Fsp3) is 0.400. The Labute approximate surface area is 69.5 Å². The maximum absolute atomic E-state index is 10.5. The van der Waals surface area contributed by atoms with E-state index in [0.717, 1.165) is 3.39 Å². The van der Waals surface area contributed by atoms with E-state index in [1.165, 1.54) is 0 Å². The molecule has 0 aliphatic carbocycles. The number of allylic oxidation sites excluding steroid dienone is 1. The van der Waals surface area contributed by atoms with E-state index < -0.39 is 0 Å². The number of carbonyl (C=O) groups is 1. The van der Waals surface area contributed by atoms with Crippen molar-refractivity contribution in [1.29, 1.82) is 0 Å². The topological polar surface area (TPSA) is 26.3 Å². The van der Waals surface area contributed by atoms with Crippen LogP contribution in [0.3, 0.4) is 0 Å². The fourth-order valence-corrected chi connectivity index (χ4v) is 1.15. The molecule has 1 heterocycles. The van der Waals surface area contributed by atoms with Crippen molar-refractivity contribution in [3.63, 3.8) is 0 Å². The lowest BCUT2D eigenvalue weighted by atomic mass is 10.3. The Bertz CT molecular complexity index is 170. The molecule has 50 valence electrons. The SMILES string of the molecule is O=C1CCC(=C(Br)Br)O1. The summed E-state index contributed by atoms with van der Waals surface area (Å²) in [4.78, 5) is 10.5. The zero-order chi connectivity index (χ0) is 6.85. The van der Waals surface area contributed by atoms with E-state index in [4.69, 9.17) is 4.74 Å². The molecule has 0 unspecified atom stereocenters. The molecule has 9 heavy (non-hydrogen) atoms. The second-order valence-corrected chi connectivity index (χ2v) is 4.31. The summed E-state index contributed by atoms with van der Waals surface area (Å²) in [6, 6.07) is 0. The van der Waals surface area contributed by atoms with Crippen molar-refractivity contribution in [3.05, 3.63) is 9.15 Å². The molecule has 0 spiro atoms. The number of cyclic esters (lactones) is 1. The number of carbonyl (C=O) groups excluding carboxylic acids is 1. The summed E-state index contributed by atoms with van der Waals surface area (Å²) in [6.07, 6.45) is 1.20. The molecule has 0 atom stereocenters. The van der Waals surface area contributed by atoms with E-state index >= 15 is 0 Å². The van der Waals surface area contributed by atoms with Gasteiger partial charge >= 0.3 is 5.97 Å². The first kappa shape index (κ1) is 7.28. The summed E-state index contributed by atoms with van der Waals surface area (Å²) in [5.74, 6) is 0.543. The predicted octanol–water partition coefficient (Wildman–Crippen LogP) is 2.28. The lowest BCUT2D eigenvalue weighted by Crippen LogP contribution is -1.88. The van der Waals surface area contributed by atoms with Gasteiger partial charge in [-0.2, -0.15) is 0 Å². The number of ether oxygens (including phenoxy) is 1. The lowest BCUT2D eigenvalue weighted by molar-refractivity contribution is -0.135. The molecule has 4 heteroatoms. The largest absolute Gasteiger partial charge is 0.429 e. The third-order valence-corrected chi connectivity index (χ3v) is 1.89. The molecule has 0 saturated carbocycles. The standard InChI is InChI=1S/C5H4Br2O2/c6-5(7)3-1-2-4(8)9-3/h1-2H2. The van der Waals surface area contributed by atoms with E-state index in [-0.39, 0.29) is 5.97 Å². The Morgan fingerprint density at radius 2 is 2.11 bits per heavy atom. The maximum atomic E-state index is 10.5. The minimum absolute atomic E-state index is 0.151. The van der Waals surface area contributed by atoms with Crippen molar-refractivity contribution in [1.82, 2.24) is 0 Å². The van der Waals surface area contributed by atoms with Gasteiger partial charge in [0.15, 0.2) is 0 Å². The predicted molar refractivity (Wildman–Crippen MR) is 40.2 cm³/mol. The van der Waals surface area contributed by atoms with Crippen molar-refractivity contribution in [2.75, 3.05) is 0 Å². The Morgan fingerprint density at radius 3 is 2.33 bits per heavy atom. The molecule has 0 aromatic rings. The maximum Gasteiger partial charge on any atom is 0.311 e. The highest BCUT2D eigenvalue weighted by Gasteiger charge is 2.18. The average Bonchev–Trinajstić information content (AvgIpc) is 2.14. The van der Waals surface area contributed by atoms with Crippen LogP contribution in [0, 0.1) is 0 Å². The van der Waals surface area contributed by atoms with E-state index in [2.05, 4.69) is 31.9 Å². The molecular weight excluding hydrogens is 252 g/mol. The lowest BCUT2D eigenvalue weighted by Gasteiger charge is -1.92. The molecule has 1 aliphatic heterocycles. The van der Waals surface area contributed by atoms with Gasteiger partial charge in [-0.15, -0.1) is 0 Å². The number of hydrogen-bond acceptors (Lipinski definition) is 2. The van der Waals surface area contributed by atoms with Gasteiger partial charge in [0.25, 0.3) is 0 Å². The highest BCUT2D eigenvalue weighted by atomic mass is 79.9. The Hall–Kier alpha value is 0.170. The molecule has 0 aromatic heterocycles. The average molecular weight is 256 g/mol. The third-order valence-electron chi connectivity index (χ3n) is 1.00. The summed E-state index contributed by atoms with van der Waals surface area (Å²) in [5, 5.41) is 0. The second kappa shape index (κ2) is 2.84. The van der Waals surface area contributed by atoms with E-state index in [1.807, 2.05) is 0 Å². The normalized spacial score (nSPS) is 18.0. The summed E-state index contributed by atoms with van der Waals surface area (Å²) in [6.45, 7) is 0. The minimum Gasteiger partial charge on any atom is -0.429 e. The molecule has 0 radical (unpaired) electrons. The van der Waals surface area contributed by atoms with Crippen LogP contribution in [0.15, 0.2) is 9.15 Å². The van der Waals surface area contributed by atoms with Crippen molar-refractivity contribution >= 4 is 37.8 Å². The van der Waals surface area contributed by atoms with Crippen molar-refractivity contribution < 1.29 is 9.53 Å². The Morgan fingerprint density at radius 1 is 1.44 bits per heavy atom. The van der Waals surface area contributed by atoms with Gasteiger partial charge in [-0.3, -0.25) is 4.79 Å². The smallest absolute Gasteiger partial charge is 0.311 e. The van der Waals surface area contributed by atoms with Crippen molar-refractivity contribution in [3.8, 4) is 0 Å². The molecule has 0 aromatic carbocycles. The molecule has 0 N–H and O–H groups in total. The first-order chi connectivity index (χ1) is 4.20. The highest BCUT2D eigenvalue weighted by molar-refractivity contribution is 9.28. The van der Waals surface area contributed by atoms with E-state index in [9.17, 15) is 4.79 Å². The number of hydrogen-bond donors (Lipinski definition) is 0. The van der Waals surface area contributed by atoms with Gasteiger partial charge < -0.3 is 4.74 Å². The molecule has 0 amide bonds. The van der Waals surface area contributed by atoms with Gasteiger partial charge in [-0.1, -0.05) is 0 Å². The zero-order valence-corrected chi connectivity index (χ0v) is 7.66. The zero-order valence-electron chi connectivity index (χ0n) is 4.49. The van der Waals surface area contributed by atoms with Gasteiger partial charge in [0.05, 0.1) is 9.81 Å². The fourth-order valence-electron chi connectivity index (χ4n) is 0.588. The summed E-state index contributed by atoms with van der Waals surface area (Å²) in [5.41, 5.74) is 0. The van der Waals surface area contributed by atoms with E-state index in [1.54, 1.807) is 0 Å². The van der Waals surface area contributed by atoms with Crippen LogP contribution in [0.1, 0.15) is 12.8 Å². The molecule has 1 rings (SSSR count). The first-order valence-corrected chi connectivity index (χ1v) is 4.03. The molecule has 1 aliphatic rings. The summed E-state index contributed by atoms with van der Waals surface area (Å²) < 4.78 is 5.51. The van der Waals surface area contributed by atoms with Crippen LogP contribution in [0.5, 0.6) is 0 Å². The van der Waals surface area contributed by atoms with Gasteiger partial charge in [0, 0.05) is 6.42 Å². The Balaban J connectivity index is 2.69. The second-order valence-electron chi connectivity index (χ2n) is 1.66. The van der Waals surface area contributed by atoms with Gasteiger partial charge in [0.2, 0.25) is 0 Å². The highest BCUT2D eigenvalue weighted by Crippen LogP contribution is 2.28. The van der Waals surface area contributed by atoms with Gasteiger partial charge in [-0.25, -0.2) is 0 Å². The Kier molecular flexibility index (Phi) is 2.29. The van der Waals surface area contributed by atoms with E-state index in [0.29, 0.717) is 18.6 Å². The van der Waals surface area contributed by atoms with Crippen LogP contribution in [0.25, 0.3) is 0 Å². The van der Waals surface area contributed by atoms with Crippen molar-refractivity contribution in [2.24, 2.45) is 0 Å². The number of halogens is 2. The molecule has 2 nitrogen and oxygen atoms in total. The van der Waals surface area contributed by atoms with Crippen LogP contribution in [-0.4, -0.2) is 5.97 Å². The number of rotatable bonds is 0. The van der Waals surface area contributed by atoms with Crippen LogP contribution in [0.4, 0.5) is 0 Å². The third kappa shape index (κ3) is 1.79. The summed E-state index contributed by atoms with van der Waals surface area (Å²) >= 11 is 6.30. The summed E-state index contributed by atoms with van der Waals surface area (Å²) in [7, 11) is 0. The molecule has 0 bridgehead atoms. The quantitative estimate of drug-likeness (QED) is 0.621. The minimum atomic E-state index is -0.151. The van der Waals surface area contributed by atoms with Crippen LogP contribution < -0.4 is 0 Å². The van der Waals surface area contributed by atoms with Crippen LogP contribution >= 0.6 is 31.9 Å². The molecule has 1 saturated heterocycles.